The lowest BCUT2D eigenvalue weighted by Gasteiger charge is -2.41. The Morgan fingerprint density at radius 2 is 1.66 bits per heavy atom. The van der Waals surface area contributed by atoms with E-state index in [0.717, 1.165) is 56.0 Å². The number of hydrogen-bond donors (Lipinski definition) is 2. The number of anilines is 1. The molecule has 1 aromatic carbocycles. The second kappa shape index (κ2) is 9.25. The van der Waals surface area contributed by atoms with E-state index in [0.29, 0.717) is 12.5 Å². The summed E-state index contributed by atoms with van der Waals surface area (Å²) < 4.78 is 3.14. The van der Waals surface area contributed by atoms with E-state index >= 15 is 0 Å². The fourth-order valence-electron chi connectivity index (χ4n) is 5.30. The molecule has 1 unspecified atom stereocenters. The summed E-state index contributed by atoms with van der Waals surface area (Å²) in [7, 11) is 1.74. The summed E-state index contributed by atoms with van der Waals surface area (Å²) in [5.41, 5.74) is 2.43. The predicted molar refractivity (Wildman–Crippen MR) is 126 cm³/mol. The molecule has 0 spiro atoms. The van der Waals surface area contributed by atoms with Gasteiger partial charge >= 0.3 is 5.69 Å². The number of piperidine rings is 2. The number of nitrogens with one attached hydrogen (secondary N) is 2. The maximum Gasteiger partial charge on any atom is 0.329 e. The molecule has 0 bridgehead atoms. The molecule has 174 valence electrons. The third-order valence-corrected chi connectivity index (χ3v) is 7.10. The molecule has 2 aromatic rings. The van der Waals surface area contributed by atoms with Crippen LogP contribution in [0.3, 0.4) is 0 Å². The molecule has 3 aliphatic heterocycles. The van der Waals surface area contributed by atoms with E-state index in [1.54, 1.807) is 11.6 Å². The van der Waals surface area contributed by atoms with Crippen LogP contribution in [0.25, 0.3) is 11.0 Å². The fraction of sp³-hybridized carbons (Fsp3) is 0.591. The van der Waals surface area contributed by atoms with Crippen molar-refractivity contribution < 1.29 is 9.59 Å². The zero-order chi connectivity index (χ0) is 21.5. The second-order valence-corrected chi connectivity index (χ2v) is 8.86. The van der Waals surface area contributed by atoms with E-state index in [4.69, 9.17) is 0 Å². The van der Waals surface area contributed by atoms with Crippen LogP contribution in [0.15, 0.2) is 23.0 Å². The third-order valence-electron chi connectivity index (χ3n) is 7.10. The number of halogens is 1. The number of rotatable bonds is 3. The first-order chi connectivity index (χ1) is 15.0. The number of aromatic nitrogens is 2. The average molecular weight is 463 g/mol. The highest BCUT2D eigenvalue weighted by atomic mass is 35.5. The predicted octanol–water partition coefficient (Wildman–Crippen LogP) is 0.614. The molecular formula is C22H31ClN6O3. The Bertz CT molecular complexity index is 1070. The number of imide groups is 1. The number of fused-ring (bicyclic) bond motifs is 1. The third kappa shape index (κ3) is 4.04. The molecule has 3 fully saturated rings. The van der Waals surface area contributed by atoms with Gasteiger partial charge in [-0.15, -0.1) is 12.4 Å². The standard InChI is InChI=1S/C22H30N6O3.ClH/c1-25-19-14-16(27-12-10-26(11-13-27)15-6-8-23-9-7-15)2-3-17(19)28(22(25)31)18-4-5-20(29)24-21(18)30;/h2-3,14-15,18,23H,4-13H2,1H3,(H,24,29,30);1H. The molecule has 10 heteroatoms. The zero-order valence-electron chi connectivity index (χ0n) is 18.4. The van der Waals surface area contributed by atoms with Gasteiger partial charge in [-0.05, 0) is 50.6 Å². The Balaban J connectivity index is 0.00000245. The number of carbonyl (C=O) groups is 2. The van der Waals surface area contributed by atoms with E-state index in [2.05, 4.69) is 26.5 Å². The summed E-state index contributed by atoms with van der Waals surface area (Å²) in [5.74, 6) is -0.676. The van der Waals surface area contributed by atoms with Gasteiger partial charge in [0, 0.05) is 51.4 Å². The van der Waals surface area contributed by atoms with Gasteiger partial charge in [0.15, 0.2) is 0 Å². The van der Waals surface area contributed by atoms with Crippen LogP contribution in [0, 0.1) is 0 Å². The number of aryl methyl sites for hydroxylation is 1. The van der Waals surface area contributed by atoms with Gasteiger partial charge in [-0.2, -0.15) is 0 Å². The van der Waals surface area contributed by atoms with Gasteiger partial charge in [0.25, 0.3) is 0 Å². The molecule has 0 aliphatic carbocycles. The number of benzene rings is 1. The molecule has 1 atom stereocenters. The molecule has 32 heavy (non-hydrogen) atoms. The molecule has 0 saturated carbocycles. The maximum atomic E-state index is 13.0. The van der Waals surface area contributed by atoms with E-state index < -0.39 is 11.9 Å². The minimum absolute atomic E-state index is 0. The highest BCUT2D eigenvalue weighted by Gasteiger charge is 2.31. The van der Waals surface area contributed by atoms with Crippen LogP contribution in [0.5, 0.6) is 0 Å². The van der Waals surface area contributed by atoms with Crippen molar-refractivity contribution in [3.8, 4) is 0 Å². The van der Waals surface area contributed by atoms with Crippen molar-refractivity contribution in [3.05, 3.63) is 28.7 Å². The van der Waals surface area contributed by atoms with Crippen molar-refractivity contribution in [1.29, 1.82) is 0 Å². The molecule has 2 N–H and O–H groups in total. The number of carbonyl (C=O) groups excluding carboxylic acids is 2. The summed E-state index contributed by atoms with van der Waals surface area (Å²) in [6.07, 6.45) is 3.05. The van der Waals surface area contributed by atoms with Crippen molar-refractivity contribution in [2.24, 2.45) is 7.05 Å². The summed E-state index contributed by atoms with van der Waals surface area (Å²) >= 11 is 0. The first kappa shape index (κ1) is 22.8. The Kier molecular flexibility index (Phi) is 6.60. The Morgan fingerprint density at radius 1 is 0.938 bits per heavy atom. The maximum absolute atomic E-state index is 13.0. The summed E-state index contributed by atoms with van der Waals surface area (Å²) in [6.45, 7) is 6.27. The van der Waals surface area contributed by atoms with Crippen LogP contribution in [-0.4, -0.2) is 71.2 Å². The average Bonchev–Trinajstić information content (AvgIpc) is 3.04. The van der Waals surface area contributed by atoms with Crippen LogP contribution in [-0.2, 0) is 16.6 Å². The van der Waals surface area contributed by atoms with Crippen molar-refractivity contribution in [2.45, 2.75) is 37.8 Å². The first-order valence-corrected chi connectivity index (χ1v) is 11.3. The SMILES string of the molecule is Cl.Cn1c(=O)n(C2CCC(=O)NC2=O)c2ccc(N3CCN(C4CCNCC4)CC3)cc21. The van der Waals surface area contributed by atoms with Gasteiger partial charge in [0.2, 0.25) is 11.8 Å². The Hall–Kier alpha value is -2.36. The van der Waals surface area contributed by atoms with Crippen LogP contribution in [0.2, 0.25) is 0 Å². The lowest BCUT2D eigenvalue weighted by molar-refractivity contribution is -0.135. The molecule has 1 aromatic heterocycles. The monoisotopic (exact) mass is 462 g/mol. The molecule has 2 amide bonds. The molecule has 3 saturated heterocycles. The highest BCUT2D eigenvalue weighted by Crippen LogP contribution is 2.27. The number of hydrogen-bond acceptors (Lipinski definition) is 6. The normalized spacial score (nSPS) is 23.3. The highest BCUT2D eigenvalue weighted by molar-refractivity contribution is 6.00. The number of piperazine rings is 1. The topological polar surface area (TPSA) is 91.6 Å². The van der Waals surface area contributed by atoms with Crippen LogP contribution < -0.4 is 21.2 Å². The zero-order valence-corrected chi connectivity index (χ0v) is 19.2. The molecular weight excluding hydrogens is 432 g/mol. The first-order valence-electron chi connectivity index (χ1n) is 11.3. The summed E-state index contributed by atoms with van der Waals surface area (Å²) in [4.78, 5) is 41.8. The largest absolute Gasteiger partial charge is 0.369 e. The minimum Gasteiger partial charge on any atom is -0.369 e. The van der Waals surface area contributed by atoms with E-state index in [1.165, 1.54) is 17.4 Å². The van der Waals surface area contributed by atoms with Crippen molar-refractivity contribution >= 4 is 40.9 Å². The lowest BCUT2D eigenvalue weighted by atomic mass is 10.0. The molecule has 5 rings (SSSR count). The quantitative estimate of drug-likeness (QED) is 0.649. The number of nitrogens with zero attached hydrogens (tertiary/aromatic N) is 4. The van der Waals surface area contributed by atoms with Crippen molar-refractivity contribution in [1.82, 2.24) is 24.7 Å². The Labute approximate surface area is 193 Å². The van der Waals surface area contributed by atoms with Crippen LogP contribution in [0.4, 0.5) is 5.69 Å². The second-order valence-electron chi connectivity index (χ2n) is 8.86. The molecule has 4 heterocycles. The fourth-order valence-corrected chi connectivity index (χ4v) is 5.30. The number of amides is 2. The van der Waals surface area contributed by atoms with Gasteiger partial charge < -0.3 is 10.2 Å². The molecule has 3 aliphatic rings. The van der Waals surface area contributed by atoms with Gasteiger partial charge in [0.05, 0.1) is 11.0 Å². The van der Waals surface area contributed by atoms with Crippen molar-refractivity contribution in [3.63, 3.8) is 0 Å². The summed E-state index contributed by atoms with van der Waals surface area (Å²) in [6, 6.07) is 6.08. The number of imidazole rings is 1. The van der Waals surface area contributed by atoms with E-state index in [9.17, 15) is 14.4 Å². The lowest BCUT2D eigenvalue weighted by Crippen LogP contribution is -2.52. The Morgan fingerprint density at radius 3 is 2.34 bits per heavy atom. The van der Waals surface area contributed by atoms with E-state index in [1.807, 2.05) is 12.1 Å². The van der Waals surface area contributed by atoms with Gasteiger partial charge in [-0.25, -0.2) is 4.79 Å². The van der Waals surface area contributed by atoms with Gasteiger partial charge in [-0.3, -0.25) is 28.9 Å². The van der Waals surface area contributed by atoms with E-state index in [-0.39, 0.29) is 30.4 Å². The molecule has 9 nitrogen and oxygen atoms in total. The smallest absolute Gasteiger partial charge is 0.329 e. The van der Waals surface area contributed by atoms with Crippen LogP contribution in [0.1, 0.15) is 31.7 Å². The van der Waals surface area contributed by atoms with Gasteiger partial charge in [-0.1, -0.05) is 0 Å². The molecule has 0 radical (unpaired) electrons. The summed E-state index contributed by atoms with van der Waals surface area (Å²) in [5, 5.41) is 5.80. The van der Waals surface area contributed by atoms with Gasteiger partial charge in [0.1, 0.15) is 6.04 Å². The minimum atomic E-state index is -0.645. The van der Waals surface area contributed by atoms with Crippen LogP contribution >= 0.6 is 12.4 Å². The van der Waals surface area contributed by atoms with Crippen molar-refractivity contribution in [2.75, 3.05) is 44.2 Å².